The molecule has 3 unspecified atom stereocenters. The zero-order valence-corrected chi connectivity index (χ0v) is 20.0. The van der Waals surface area contributed by atoms with Crippen molar-refractivity contribution < 1.29 is 29.4 Å². The third-order valence-electron chi connectivity index (χ3n) is 5.01. The minimum atomic E-state index is -1.17. The number of aliphatic carboxylic acids is 1. The molecule has 0 radical (unpaired) electrons. The molecule has 3 atom stereocenters. The molecule has 35 heavy (non-hydrogen) atoms. The lowest BCUT2D eigenvalue weighted by Gasteiger charge is -2.21. The Balaban J connectivity index is 1.94. The van der Waals surface area contributed by atoms with Crippen molar-refractivity contribution in [2.24, 2.45) is 5.73 Å². The van der Waals surface area contributed by atoms with Crippen LogP contribution in [0.5, 0.6) is 5.75 Å². The maximum absolute atomic E-state index is 12.8. The fourth-order valence-corrected chi connectivity index (χ4v) is 3.58. The summed E-state index contributed by atoms with van der Waals surface area (Å²) in [5.74, 6) is -2.43. The van der Waals surface area contributed by atoms with Crippen LogP contribution in [-0.4, -0.2) is 80.6 Å². The van der Waals surface area contributed by atoms with Crippen molar-refractivity contribution in [1.82, 2.24) is 25.9 Å². The van der Waals surface area contributed by atoms with Gasteiger partial charge in [0.1, 0.15) is 17.8 Å². The molecule has 13 heteroatoms. The fraction of sp³-hybridized carbons (Fsp3) is 0.409. The highest BCUT2D eigenvalue weighted by atomic mass is 32.2. The Morgan fingerprint density at radius 2 is 1.80 bits per heavy atom. The number of benzene rings is 1. The number of nitrogens with two attached hydrogens (primary N) is 1. The Morgan fingerprint density at radius 1 is 1.09 bits per heavy atom. The normalized spacial score (nSPS) is 13.3. The first kappa shape index (κ1) is 27.7. The van der Waals surface area contributed by atoms with Gasteiger partial charge in [-0.3, -0.25) is 14.4 Å². The van der Waals surface area contributed by atoms with E-state index in [1.807, 2.05) is 6.26 Å². The molecule has 190 valence electrons. The molecule has 1 heterocycles. The van der Waals surface area contributed by atoms with E-state index in [1.54, 1.807) is 12.1 Å². The molecule has 0 fully saturated rings. The molecule has 3 amide bonds. The summed E-state index contributed by atoms with van der Waals surface area (Å²) in [5.41, 5.74) is 7.19. The van der Waals surface area contributed by atoms with Crippen LogP contribution in [-0.2, 0) is 32.0 Å². The summed E-state index contributed by atoms with van der Waals surface area (Å²) in [6, 6.07) is 3.11. The number of amides is 3. The maximum atomic E-state index is 12.8. The highest BCUT2D eigenvalue weighted by Crippen LogP contribution is 2.11. The maximum Gasteiger partial charge on any atom is 0.326 e. The molecular formula is C22H30N6O6S. The van der Waals surface area contributed by atoms with E-state index in [-0.39, 0.29) is 25.0 Å². The number of nitrogens with zero attached hydrogens (tertiary/aromatic N) is 1. The Labute approximate surface area is 206 Å². The van der Waals surface area contributed by atoms with Gasteiger partial charge in [0.15, 0.2) is 0 Å². The molecule has 0 aliphatic carbocycles. The van der Waals surface area contributed by atoms with Crippen LogP contribution >= 0.6 is 11.8 Å². The number of carboxylic acid groups (broad SMARTS) is 1. The summed E-state index contributed by atoms with van der Waals surface area (Å²) >= 11 is 1.45. The molecule has 0 saturated carbocycles. The van der Waals surface area contributed by atoms with E-state index >= 15 is 0 Å². The number of imidazole rings is 1. The molecule has 0 aliphatic heterocycles. The molecule has 0 aliphatic rings. The number of carbonyl (C=O) groups is 4. The van der Waals surface area contributed by atoms with Crippen LogP contribution < -0.4 is 21.7 Å². The second-order valence-corrected chi connectivity index (χ2v) is 8.76. The highest BCUT2D eigenvalue weighted by Gasteiger charge is 2.27. The van der Waals surface area contributed by atoms with Crippen LogP contribution in [0.4, 0.5) is 0 Å². The van der Waals surface area contributed by atoms with E-state index in [0.717, 1.165) is 5.56 Å². The molecule has 8 N–H and O–H groups in total. The molecule has 1 aromatic heterocycles. The van der Waals surface area contributed by atoms with Crippen molar-refractivity contribution in [1.29, 1.82) is 0 Å². The van der Waals surface area contributed by atoms with Crippen molar-refractivity contribution in [3.05, 3.63) is 48.0 Å². The molecule has 0 bridgehead atoms. The van der Waals surface area contributed by atoms with Gasteiger partial charge in [-0.1, -0.05) is 12.1 Å². The number of phenolic OH excluding ortho intramolecular Hbond substituents is 1. The van der Waals surface area contributed by atoms with Gasteiger partial charge in [0.25, 0.3) is 0 Å². The first-order valence-electron chi connectivity index (χ1n) is 10.8. The molecular weight excluding hydrogens is 476 g/mol. The fourth-order valence-electron chi connectivity index (χ4n) is 3.11. The molecule has 1 aromatic carbocycles. The quantitative estimate of drug-likeness (QED) is 0.170. The van der Waals surface area contributed by atoms with Crippen molar-refractivity contribution in [3.8, 4) is 5.75 Å². The van der Waals surface area contributed by atoms with Gasteiger partial charge in [0, 0.05) is 18.3 Å². The topological polar surface area (TPSA) is 200 Å². The lowest BCUT2D eigenvalue weighted by Crippen LogP contribution is -2.54. The number of aromatic amines is 1. The molecule has 2 aromatic rings. The van der Waals surface area contributed by atoms with Gasteiger partial charge >= 0.3 is 5.97 Å². The number of aromatic nitrogens is 2. The zero-order chi connectivity index (χ0) is 25.8. The van der Waals surface area contributed by atoms with Crippen molar-refractivity contribution >= 4 is 35.5 Å². The van der Waals surface area contributed by atoms with Gasteiger partial charge in [0.05, 0.1) is 18.9 Å². The number of nitrogens with one attached hydrogen (secondary N) is 4. The Kier molecular flexibility index (Phi) is 11.0. The van der Waals surface area contributed by atoms with Gasteiger partial charge in [-0.25, -0.2) is 9.78 Å². The first-order valence-corrected chi connectivity index (χ1v) is 12.2. The standard InChI is InChI=1S/C22H30N6O6S/c1-35-7-6-17(22(33)34)28-21(32)18(9-14-10-24-12-26-14)27-19(30)11-25-20(31)16(23)8-13-2-4-15(29)5-3-13/h2-5,10,12,16-18,29H,6-9,11,23H2,1H3,(H,24,26)(H,25,31)(H,27,30)(H,28,32)(H,33,34). The van der Waals surface area contributed by atoms with Gasteiger partial charge in [-0.2, -0.15) is 11.8 Å². The first-order chi connectivity index (χ1) is 16.7. The Morgan fingerprint density at radius 3 is 2.40 bits per heavy atom. The third-order valence-corrected chi connectivity index (χ3v) is 5.65. The largest absolute Gasteiger partial charge is 0.508 e. The third kappa shape index (κ3) is 9.66. The van der Waals surface area contributed by atoms with Crippen LogP contribution in [0.1, 0.15) is 17.7 Å². The number of carboxylic acids is 1. The van der Waals surface area contributed by atoms with Gasteiger partial charge in [-0.15, -0.1) is 0 Å². The molecule has 12 nitrogen and oxygen atoms in total. The number of hydrogen-bond acceptors (Lipinski definition) is 8. The molecule has 2 rings (SSSR count). The van der Waals surface area contributed by atoms with Crippen molar-refractivity contribution in [3.63, 3.8) is 0 Å². The monoisotopic (exact) mass is 506 g/mol. The summed E-state index contributed by atoms with van der Waals surface area (Å²) in [7, 11) is 0. The average molecular weight is 507 g/mol. The predicted molar refractivity (Wildman–Crippen MR) is 130 cm³/mol. The van der Waals surface area contributed by atoms with E-state index in [1.165, 1.54) is 36.4 Å². The van der Waals surface area contributed by atoms with E-state index < -0.39 is 48.4 Å². The highest BCUT2D eigenvalue weighted by molar-refractivity contribution is 7.98. The number of aromatic hydroxyl groups is 1. The number of phenols is 1. The van der Waals surface area contributed by atoms with Gasteiger partial charge in [0.2, 0.25) is 17.7 Å². The van der Waals surface area contributed by atoms with E-state index in [0.29, 0.717) is 11.4 Å². The molecule has 0 spiro atoms. The van der Waals surface area contributed by atoms with Crippen molar-refractivity contribution in [2.45, 2.75) is 37.4 Å². The van der Waals surface area contributed by atoms with Crippen LogP contribution in [0.15, 0.2) is 36.8 Å². The second-order valence-electron chi connectivity index (χ2n) is 7.78. The second kappa shape index (κ2) is 14.0. The van der Waals surface area contributed by atoms with Crippen molar-refractivity contribution in [2.75, 3.05) is 18.6 Å². The number of rotatable bonds is 14. The van der Waals surface area contributed by atoms with Gasteiger partial charge in [-0.05, 0) is 42.5 Å². The van der Waals surface area contributed by atoms with Gasteiger partial charge < -0.3 is 36.9 Å². The predicted octanol–water partition coefficient (Wildman–Crippen LogP) is -0.849. The van der Waals surface area contributed by atoms with Crippen LogP contribution in [0.2, 0.25) is 0 Å². The number of hydrogen-bond donors (Lipinski definition) is 7. The summed E-state index contributed by atoms with van der Waals surface area (Å²) in [6.07, 6.45) is 5.19. The van der Waals surface area contributed by atoms with Crippen LogP contribution in [0, 0.1) is 0 Å². The van der Waals surface area contributed by atoms with E-state index in [4.69, 9.17) is 5.73 Å². The molecule has 0 saturated heterocycles. The van der Waals surface area contributed by atoms with Crippen LogP contribution in [0.25, 0.3) is 0 Å². The minimum absolute atomic E-state index is 0.0424. The number of thioether (sulfide) groups is 1. The lowest BCUT2D eigenvalue weighted by atomic mass is 10.1. The summed E-state index contributed by atoms with van der Waals surface area (Å²) < 4.78 is 0. The number of carbonyl (C=O) groups excluding carboxylic acids is 3. The van der Waals surface area contributed by atoms with E-state index in [9.17, 15) is 29.4 Å². The summed E-state index contributed by atoms with van der Waals surface area (Å²) in [4.78, 5) is 55.8. The summed E-state index contributed by atoms with van der Waals surface area (Å²) in [5, 5.41) is 26.1. The van der Waals surface area contributed by atoms with Crippen LogP contribution in [0.3, 0.4) is 0 Å². The Bertz CT molecular complexity index is 985. The zero-order valence-electron chi connectivity index (χ0n) is 19.2. The number of H-pyrrole nitrogens is 1. The smallest absolute Gasteiger partial charge is 0.326 e. The minimum Gasteiger partial charge on any atom is -0.508 e. The Hall–Kier alpha value is -3.58. The average Bonchev–Trinajstić information content (AvgIpc) is 3.34. The lowest BCUT2D eigenvalue weighted by molar-refractivity contribution is -0.142. The SMILES string of the molecule is CSCCC(NC(=O)C(Cc1cnc[nH]1)NC(=O)CNC(=O)C(N)Cc1ccc(O)cc1)C(=O)O. The van der Waals surface area contributed by atoms with E-state index in [2.05, 4.69) is 25.9 Å². The summed E-state index contributed by atoms with van der Waals surface area (Å²) in [6.45, 7) is -0.427.